The quantitative estimate of drug-likeness (QED) is 0.707. The van der Waals surface area contributed by atoms with Crippen molar-refractivity contribution >= 4 is 12.2 Å². The molecule has 0 unspecified atom stereocenters. The van der Waals surface area contributed by atoms with Crippen LogP contribution in [0.25, 0.3) is 11.3 Å². The first-order valence-electron chi connectivity index (χ1n) is 6.33. The van der Waals surface area contributed by atoms with Crippen molar-refractivity contribution in [1.29, 1.82) is 0 Å². The van der Waals surface area contributed by atoms with Crippen molar-refractivity contribution in [2.24, 2.45) is 0 Å². The lowest BCUT2D eigenvalue weighted by Crippen LogP contribution is -2.03. The highest BCUT2D eigenvalue weighted by molar-refractivity contribution is 7.71. The van der Waals surface area contributed by atoms with Crippen molar-refractivity contribution in [3.63, 3.8) is 0 Å². The lowest BCUT2D eigenvalue weighted by molar-refractivity contribution is 0.599. The maximum absolute atomic E-state index is 13.8. The highest BCUT2D eigenvalue weighted by Gasteiger charge is 2.09. The lowest BCUT2D eigenvalue weighted by Gasteiger charge is -2.09. The van der Waals surface area contributed by atoms with E-state index in [0.717, 1.165) is 11.3 Å². The Bertz CT molecular complexity index is 774. The average Bonchev–Trinajstić information content (AvgIpc) is 2.84. The topological polar surface area (TPSA) is 20.7 Å². The van der Waals surface area contributed by atoms with Gasteiger partial charge in [0, 0.05) is 11.8 Å². The maximum atomic E-state index is 13.8. The van der Waals surface area contributed by atoms with Crippen molar-refractivity contribution in [2.45, 2.75) is 6.54 Å². The molecule has 0 bridgehead atoms. The summed E-state index contributed by atoms with van der Waals surface area (Å²) in [4.78, 5) is 3.03. The number of benzene rings is 2. The van der Waals surface area contributed by atoms with Crippen LogP contribution in [0.4, 0.5) is 4.39 Å². The lowest BCUT2D eigenvalue weighted by atomic mass is 10.1. The van der Waals surface area contributed by atoms with Gasteiger partial charge in [0.25, 0.3) is 0 Å². The molecule has 3 aromatic rings. The molecule has 100 valence electrons. The molecule has 0 radical (unpaired) electrons. The standard InChI is InChI=1S/C16H13FN2S/c17-14-9-5-4-8-13(14)11-19-15(10-18-16(19)20)12-6-2-1-3-7-12/h1-10H,11H2,(H,18,20). The fourth-order valence-electron chi connectivity index (χ4n) is 2.20. The summed E-state index contributed by atoms with van der Waals surface area (Å²) in [5.74, 6) is -0.213. The van der Waals surface area contributed by atoms with E-state index in [1.54, 1.807) is 12.1 Å². The largest absolute Gasteiger partial charge is 0.337 e. The molecule has 0 spiro atoms. The molecule has 1 heterocycles. The number of nitrogens with zero attached hydrogens (tertiary/aromatic N) is 1. The van der Waals surface area contributed by atoms with Crippen LogP contribution in [0.2, 0.25) is 0 Å². The predicted octanol–water partition coefficient (Wildman–Crippen LogP) is 4.40. The molecule has 3 rings (SSSR count). The third kappa shape index (κ3) is 2.42. The van der Waals surface area contributed by atoms with Crippen molar-refractivity contribution in [3.05, 3.63) is 76.9 Å². The summed E-state index contributed by atoms with van der Waals surface area (Å²) in [5, 5.41) is 0. The number of imidazole rings is 1. The van der Waals surface area contributed by atoms with E-state index in [1.807, 2.05) is 47.2 Å². The Morgan fingerprint density at radius 3 is 2.45 bits per heavy atom. The number of aromatic nitrogens is 2. The minimum Gasteiger partial charge on any atom is -0.337 e. The van der Waals surface area contributed by atoms with Crippen molar-refractivity contribution in [2.75, 3.05) is 0 Å². The van der Waals surface area contributed by atoms with Gasteiger partial charge in [0.15, 0.2) is 4.77 Å². The van der Waals surface area contributed by atoms with E-state index in [9.17, 15) is 4.39 Å². The number of aromatic amines is 1. The normalized spacial score (nSPS) is 10.7. The number of nitrogens with one attached hydrogen (secondary N) is 1. The van der Waals surface area contributed by atoms with E-state index in [2.05, 4.69) is 4.98 Å². The Labute approximate surface area is 121 Å². The number of hydrogen-bond acceptors (Lipinski definition) is 1. The molecule has 1 aromatic heterocycles. The smallest absolute Gasteiger partial charge is 0.177 e. The molecule has 0 aliphatic rings. The molecule has 0 amide bonds. The zero-order valence-corrected chi connectivity index (χ0v) is 11.5. The van der Waals surface area contributed by atoms with Crippen LogP contribution >= 0.6 is 12.2 Å². The van der Waals surface area contributed by atoms with Crippen molar-refractivity contribution in [3.8, 4) is 11.3 Å². The van der Waals surface area contributed by atoms with Crippen molar-refractivity contribution in [1.82, 2.24) is 9.55 Å². The average molecular weight is 284 g/mol. The van der Waals surface area contributed by atoms with Gasteiger partial charge >= 0.3 is 0 Å². The Balaban J connectivity index is 2.05. The second kappa shape index (κ2) is 5.43. The molecular formula is C16H13FN2S. The number of rotatable bonds is 3. The fourth-order valence-corrected chi connectivity index (χ4v) is 2.42. The SMILES string of the molecule is Fc1ccccc1Cn1c(-c2ccccc2)c[nH]c1=S. The van der Waals surface area contributed by atoms with Gasteiger partial charge < -0.3 is 9.55 Å². The van der Waals surface area contributed by atoms with Crippen LogP contribution in [-0.4, -0.2) is 9.55 Å². The van der Waals surface area contributed by atoms with E-state index in [1.165, 1.54) is 6.07 Å². The summed E-state index contributed by atoms with van der Waals surface area (Å²) >= 11 is 5.30. The summed E-state index contributed by atoms with van der Waals surface area (Å²) in [6.45, 7) is 0.416. The molecule has 20 heavy (non-hydrogen) atoms. The third-order valence-corrected chi connectivity index (χ3v) is 3.56. The molecule has 2 nitrogen and oxygen atoms in total. The van der Waals surface area contributed by atoms with Crippen molar-refractivity contribution < 1.29 is 4.39 Å². The van der Waals surface area contributed by atoms with Crippen LogP contribution in [0, 0.1) is 10.6 Å². The molecular weight excluding hydrogens is 271 g/mol. The summed E-state index contributed by atoms with van der Waals surface area (Å²) in [6, 6.07) is 16.7. The summed E-state index contributed by atoms with van der Waals surface area (Å²) in [7, 11) is 0. The summed E-state index contributed by atoms with van der Waals surface area (Å²) in [6.07, 6.45) is 1.86. The summed E-state index contributed by atoms with van der Waals surface area (Å²) < 4.78 is 16.3. The predicted molar refractivity (Wildman–Crippen MR) is 80.6 cm³/mol. The van der Waals surface area contributed by atoms with Gasteiger partial charge in [-0.2, -0.15) is 0 Å². The Morgan fingerprint density at radius 2 is 1.70 bits per heavy atom. The van der Waals surface area contributed by atoms with Gasteiger partial charge in [0.1, 0.15) is 5.82 Å². The maximum Gasteiger partial charge on any atom is 0.177 e. The molecule has 4 heteroatoms. The number of H-pyrrole nitrogens is 1. The van der Waals surface area contributed by atoms with Gasteiger partial charge in [0.05, 0.1) is 12.2 Å². The number of halogens is 1. The minimum absolute atomic E-state index is 0.213. The van der Waals surface area contributed by atoms with E-state index < -0.39 is 0 Å². The molecule has 0 atom stereocenters. The highest BCUT2D eigenvalue weighted by atomic mass is 32.1. The van der Waals surface area contributed by atoms with Gasteiger partial charge in [-0.15, -0.1) is 0 Å². The summed E-state index contributed by atoms with van der Waals surface area (Å²) in [5.41, 5.74) is 2.63. The van der Waals surface area contributed by atoms with Crippen LogP contribution in [-0.2, 0) is 6.54 Å². The highest BCUT2D eigenvalue weighted by Crippen LogP contribution is 2.21. The van der Waals surface area contributed by atoms with Crippen LogP contribution in [0.3, 0.4) is 0 Å². The monoisotopic (exact) mass is 284 g/mol. The van der Waals surface area contributed by atoms with Gasteiger partial charge in [-0.25, -0.2) is 4.39 Å². The minimum atomic E-state index is -0.213. The van der Waals surface area contributed by atoms with Crippen LogP contribution in [0.1, 0.15) is 5.56 Å². The molecule has 0 aliphatic heterocycles. The van der Waals surface area contributed by atoms with E-state index >= 15 is 0 Å². The Hall–Kier alpha value is -2.20. The zero-order chi connectivity index (χ0) is 13.9. The molecule has 1 N–H and O–H groups in total. The van der Waals surface area contributed by atoms with Gasteiger partial charge in [-0.3, -0.25) is 0 Å². The molecule has 0 saturated heterocycles. The van der Waals surface area contributed by atoms with Crippen LogP contribution in [0.5, 0.6) is 0 Å². The fraction of sp³-hybridized carbons (Fsp3) is 0.0625. The Kier molecular flexibility index (Phi) is 3.48. The third-order valence-electron chi connectivity index (χ3n) is 3.22. The van der Waals surface area contributed by atoms with Crippen LogP contribution < -0.4 is 0 Å². The molecule has 0 saturated carbocycles. The number of hydrogen-bond donors (Lipinski definition) is 1. The van der Waals surface area contributed by atoms with E-state index in [0.29, 0.717) is 16.9 Å². The zero-order valence-electron chi connectivity index (χ0n) is 10.7. The molecule has 2 aromatic carbocycles. The molecule has 0 fully saturated rings. The first-order valence-corrected chi connectivity index (χ1v) is 6.73. The van der Waals surface area contributed by atoms with Gasteiger partial charge in [-0.05, 0) is 23.8 Å². The first kappa shape index (κ1) is 12.8. The molecule has 0 aliphatic carbocycles. The van der Waals surface area contributed by atoms with Gasteiger partial charge in [-0.1, -0.05) is 48.5 Å². The second-order valence-corrected chi connectivity index (χ2v) is 4.91. The first-order chi connectivity index (χ1) is 9.75. The van der Waals surface area contributed by atoms with E-state index in [4.69, 9.17) is 12.2 Å². The van der Waals surface area contributed by atoms with Gasteiger partial charge in [0.2, 0.25) is 0 Å². The Morgan fingerprint density at radius 1 is 1.00 bits per heavy atom. The van der Waals surface area contributed by atoms with E-state index in [-0.39, 0.29) is 5.82 Å². The second-order valence-electron chi connectivity index (χ2n) is 4.52. The van der Waals surface area contributed by atoms with Crippen LogP contribution in [0.15, 0.2) is 60.8 Å².